The van der Waals surface area contributed by atoms with Crippen LogP contribution in [0.2, 0.25) is 0 Å². The van der Waals surface area contributed by atoms with Crippen LogP contribution in [0.5, 0.6) is 17.2 Å². The predicted octanol–water partition coefficient (Wildman–Crippen LogP) is 1.06. The summed E-state index contributed by atoms with van der Waals surface area (Å²) in [7, 11) is 4.58. The van der Waals surface area contributed by atoms with E-state index in [0.717, 1.165) is 0 Å². The lowest BCUT2D eigenvalue weighted by Gasteiger charge is -2.14. The van der Waals surface area contributed by atoms with Gasteiger partial charge in [0.25, 0.3) is 5.91 Å². The van der Waals surface area contributed by atoms with Crippen molar-refractivity contribution in [1.29, 1.82) is 0 Å². The maximum Gasteiger partial charge on any atom is 0.273 e. The van der Waals surface area contributed by atoms with Gasteiger partial charge in [-0.2, -0.15) is 0 Å². The molecule has 7 heteroatoms. The van der Waals surface area contributed by atoms with E-state index in [0.29, 0.717) is 28.5 Å². The highest BCUT2D eigenvalue weighted by molar-refractivity contribution is 7.80. The summed E-state index contributed by atoms with van der Waals surface area (Å²) in [6.07, 6.45) is 1.63. The van der Waals surface area contributed by atoms with Gasteiger partial charge in [0, 0.05) is 5.56 Å². The molecule has 1 aliphatic heterocycles. The normalized spacial score (nSPS) is 15.8. The minimum Gasteiger partial charge on any atom is -0.493 e. The van der Waals surface area contributed by atoms with Crippen molar-refractivity contribution in [3.8, 4) is 17.2 Å². The summed E-state index contributed by atoms with van der Waals surface area (Å²) in [4.78, 5) is 11.6. The summed E-state index contributed by atoms with van der Waals surface area (Å²) in [5, 5.41) is 5.54. The zero-order valence-electron chi connectivity index (χ0n) is 11.3. The molecule has 1 amide bonds. The third-order valence-electron chi connectivity index (χ3n) is 2.75. The average molecular weight is 294 g/mol. The molecule has 2 N–H and O–H groups in total. The molecule has 0 saturated carbocycles. The van der Waals surface area contributed by atoms with Gasteiger partial charge >= 0.3 is 0 Å². The van der Waals surface area contributed by atoms with Gasteiger partial charge in [0.15, 0.2) is 16.6 Å². The number of rotatable bonds is 4. The third-order valence-corrected chi connectivity index (χ3v) is 2.96. The molecule has 0 radical (unpaired) electrons. The number of hydrogen-bond donors (Lipinski definition) is 2. The molecule has 1 fully saturated rings. The Balaban J connectivity index is 2.50. The van der Waals surface area contributed by atoms with Gasteiger partial charge in [-0.25, -0.2) is 0 Å². The van der Waals surface area contributed by atoms with Crippen LogP contribution in [0.3, 0.4) is 0 Å². The summed E-state index contributed by atoms with van der Waals surface area (Å²) < 4.78 is 15.8. The van der Waals surface area contributed by atoms with Crippen LogP contribution in [0.1, 0.15) is 5.56 Å². The lowest BCUT2D eigenvalue weighted by atomic mass is 10.1. The number of hydrogen-bond acceptors (Lipinski definition) is 5. The maximum atomic E-state index is 11.6. The van der Waals surface area contributed by atoms with Gasteiger partial charge in [0.2, 0.25) is 5.75 Å². The number of amides is 1. The molecule has 0 atom stereocenters. The summed E-state index contributed by atoms with van der Waals surface area (Å²) in [5.41, 5.74) is 1.02. The van der Waals surface area contributed by atoms with Crippen molar-refractivity contribution in [2.75, 3.05) is 21.3 Å². The second-order valence-corrected chi connectivity index (χ2v) is 4.30. The standard InChI is InChI=1S/C13H14N2O4S/c1-17-9-5-4-7(10(18-2)11(9)19-3)6-8-12(16)15-13(20)14-8/h4-6H,1-3H3,(H2,14,15,16,20)/b8-6-. The molecule has 0 spiro atoms. The van der Waals surface area contributed by atoms with E-state index in [1.54, 1.807) is 25.3 Å². The van der Waals surface area contributed by atoms with E-state index in [9.17, 15) is 4.79 Å². The zero-order valence-corrected chi connectivity index (χ0v) is 12.1. The monoisotopic (exact) mass is 294 g/mol. The molecule has 1 aromatic carbocycles. The molecule has 1 aromatic rings. The quantitative estimate of drug-likeness (QED) is 0.639. The highest BCUT2D eigenvalue weighted by Crippen LogP contribution is 2.40. The lowest BCUT2D eigenvalue weighted by molar-refractivity contribution is -0.115. The van der Waals surface area contributed by atoms with Crippen LogP contribution in [0, 0.1) is 0 Å². The minimum atomic E-state index is -0.285. The average Bonchev–Trinajstić information content (AvgIpc) is 2.76. The summed E-state index contributed by atoms with van der Waals surface area (Å²) in [6.45, 7) is 0. The van der Waals surface area contributed by atoms with Gasteiger partial charge in [-0.05, 0) is 30.4 Å². The van der Waals surface area contributed by atoms with E-state index < -0.39 is 0 Å². The highest BCUT2D eigenvalue weighted by Gasteiger charge is 2.22. The molecule has 2 rings (SSSR count). The summed E-state index contributed by atoms with van der Waals surface area (Å²) >= 11 is 4.88. The Hall–Kier alpha value is -2.28. The van der Waals surface area contributed by atoms with E-state index in [-0.39, 0.29) is 11.0 Å². The van der Waals surface area contributed by atoms with Crippen molar-refractivity contribution >= 4 is 29.3 Å². The van der Waals surface area contributed by atoms with Gasteiger partial charge < -0.3 is 19.5 Å². The number of nitrogens with one attached hydrogen (secondary N) is 2. The van der Waals surface area contributed by atoms with Crippen LogP contribution in [0.25, 0.3) is 6.08 Å². The van der Waals surface area contributed by atoms with E-state index in [1.807, 2.05) is 0 Å². The summed E-state index contributed by atoms with van der Waals surface area (Å²) in [5.74, 6) is 1.20. The predicted molar refractivity (Wildman–Crippen MR) is 78.0 cm³/mol. The Morgan fingerprint density at radius 2 is 1.75 bits per heavy atom. The van der Waals surface area contributed by atoms with Crippen LogP contribution in [-0.2, 0) is 4.79 Å². The smallest absolute Gasteiger partial charge is 0.273 e. The first kappa shape index (κ1) is 14.1. The largest absolute Gasteiger partial charge is 0.493 e. The van der Waals surface area contributed by atoms with Crippen molar-refractivity contribution in [1.82, 2.24) is 10.6 Å². The number of ether oxygens (including phenoxy) is 3. The zero-order chi connectivity index (χ0) is 14.7. The van der Waals surface area contributed by atoms with Crippen LogP contribution in [0.15, 0.2) is 17.8 Å². The van der Waals surface area contributed by atoms with Crippen molar-refractivity contribution in [3.63, 3.8) is 0 Å². The molecule has 0 aromatic heterocycles. The van der Waals surface area contributed by atoms with Crippen LogP contribution in [0.4, 0.5) is 0 Å². The third kappa shape index (κ3) is 2.53. The molecular weight excluding hydrogens is 280 g/mol. The van der Waals surface area contributed by atoms with Crippen molar-refractivity contribution in [2.24, 2.45) is 0 Å². The van der Waals surface area contributed by atoms with Crippen LogP contribution >= 0.6 is 12.2 Å². The molecule has 0 unspecified atom stereocenters. The number of methoxy groups -OCH3 is 3. The molecule has 106 valence electrons. The second-order valence-electron chi connectivity index (χ2n) is 3.89. The fraction of sp³-hybridized carbons (Fsp3) is 0.231. The van der Waals surface area contributed by atoms with E-state index >= 15 is 0 Å². The van der Waals surface area contributed by atoms with E-state index in [4.69, 9.17) is 26.4 Å². The topological polar surface area (TPSA) is 68.8 Å². The number of carbonyl (C=O) groups excluding carboxylic acids is 1. The minimum absolute atomic E-state index is 0.278. The van der Waals surface area contributed by atoms with E-state index in [2.05, 4.69) is 10.6 Å². The SMILES string of the molecule is COc1ccc(/C=C2\NC(=S)NC2=O)c(OC)c1OC. The second kappa shape index (κ2) is 5.79. The van der Waals surface area contributed by atoms with Crippen molar-refractivity contribution in [3.05, 3.63) is 23.4 Å². The molecule has 1 aliphatic rings. The van der Waals surface area contributed by atoms with Crippen LogP contribution < -0.4 is 24.8 Å². The summed E-state index contributed by atoms with van der Waals surface area (Å²) in [6, 6.07) is 3.50. The van der Waals surface area contributed by atoms with Crippen LogP contribution in [-0.4, -0.2) is 32.3 Å². The van der Waals surface area contributed by atoms with Gasteiger partial charge in [-0.15, -0.1) is 0 Å². The lowest BCUT2D eigenvalue weighted by Crippen LogP contribution is -2.21. The number of benzene rings is 1. The number of thiocarbonyl (C=S) groups is 1. The maximum absolute atomic E-state index is 11.6. The Kier molecular flexibility index (Phi) is 4.09. The first-order valence-electron chi connectivity index (χ1n) is 5.73. The molecule has 20 heavy (non-hydrogen) atoms. The molecule has 0 aliphatic carbocycles. The Morgan fingerprint density at radius 3 is 2.25 bits per heavy atom. The highest BCUT2D eigenvalue weighted by atomic mass is 32.1. The first-order chi connectivity index (χ1) is 9.60. The Morgan fingerprint density at radius 1 is 1.05 bits per heavy atom. The molecule has 6 nitrogen and oxygen atoms in total. The molecule has 0 bridgehead atoms. The molecule has 1 heterocycles. The molecular formula is C13H14N2O4S. The Labute approximate surface area is 121 Å². The van der Waals surface area contributed by atoms with Gasteiger partial charge in [-0.3, -0.25) is 10.1 Å². The van der Waals surface area contributed by atoms with Gasteiger partial charge in [-0.1, -0.05) is 0 Å². The van der Waals surface area contributed by atoms with Crippen molar-refractivity contribution in [2.45, 2.75) is 0 Å². The van der Waals surface area contributed by atoms with E-state index in [1.165, 1.54) is 14.2 Å². The number of carbonyl (C=O) groups is 1. The fourth-order valence-electron chi connectivity index (χ4n) is 1.88. The van der Waals surface area contributed by atoms with Crippen molar-refractivity contribution < 1.29 is 19.0 Å². The Bertz CT molecular complexity index is 598. The van der Waals surface area contributed by atoms with Gasteiger partial charge in [0.05, 0.1) is 21.3 Å². The van der Waals surface area contributed by atoms with Gasteiger partial charge in [0.1, 0.15) is 5.70 Å². The first-order valence-corrected chi connectivity index (χ1v) is 6.14. The molecule has 1 saturated heterocycles. The fourth-order valence-corrected chi connectivity index (χ4v) is 2.08.